The third-order valence-corrected chi connectivity index (χ3v) is 4.52. The summed E-state index contributed by atoms with van der Waals surface area (Å²) in [7, 11) is 3.46. The van der Waals surface area contributed by atoms with Crippen molar-refractivity contribution < 1.29 is 9.59 Å². The van der Waals surface area contributed by atoms with Crippen LogP contribution >= 0.6 is 11.8 Å². The van der Waals surface area contributed by atoms with Gasteiger partial charge in [-0.1, -0.05) is 29.5 Å². The first-order valence-corrected chi connectivity index (χ1v) is 8.44. The van der Waals surface area contributed by atoms with Gasteiger partial charge in [-0.3, -0.25) is 9.59 Å². The van der Waals surface area contributed by atoms with Crippen molar-refractivity contribution >= 4 is 29.3 Å². The Morgan fingerprint density at radius 3 is 2.46 bits per heavy atom. The Bertz CT molecular complexity index is 727. The average molecular weight is 347 g/mol. The van der Waals surface area contributed by atoms with Gasteiger partial charge in [0.05, 0.1) is 12.3 Å². The lowest BCUT2D eigenvalue weighted by Crippen LogP contribution is -2.36. The van der Waals surface area contributed by atoms with Crippen molar-refractivity contribution in [1.82, 2.24) is 19.7 Å². The van der Waals surface area contributed by atoms with Gasteiger partial charge >= 0.3 is 0 Å². The first-order valence-electron chi connectivity index (χ1n) is 7.46. The zero-order valence-corrected chi connectivity index (χ0v) is 15.1. The summed E-state index contributed by atoms with van der Waals surface area (Å²) < 4.78 is 1.82. The Balaban J connectivity index is 1.81. The number of hydrogen-bond donors (Lipinski definition) is 1. The van der Waals surface area contributed by atoms with Crippen LogP contribution in [0.1, 0.15) is 11.4 Å². The van der Waals surface area contributed by atoms with E-state index in [1.807, 2.05) is 49.7 Å². The van der Waals surface area contributed by atoms with E-state index in [1.165, 1.54) is 16.7 Å². The normalized spacial score (nSPS) is 10.5. The molecule has 1 N–H and O–H groups in total. The average Bonchev–Trinajstić information content (AvgIpc) is 2.86. The maximum absolute atomic E-state index is 12.1. The largest absolute Gasteiger partial charge is 0.336 e. The van der Waals surface area contributed by atoms with Crippen LogP contribution in [0.25, 0.3) is 0 Å². The minimum atomic E-state index is -0.228. The molecule has 2 aromatic rings. The fourth-order valence-electron chi connectivity index (χ4n) is 1.89. The van der Waals surface area contributed by atoms with Crippen molar-refractivity contribution in [3.63, 3.8) is 0 Å². The van der Waals surface area contributed by atoms with E-state index < -0.39 is 0 Å². The Hall–Kier alpha value is -2.35. The molecule has 0 bridgehead atoms. The lowest BCUT2D eigenvalue weighted by atomic mass is 10.2. The quantitative estimate of drug-likeness (QED) is 0.803. The van der Waals surface area contributed by atoms with Gasteiger partial charge in [0.25, 0.3) is 0 Å². The first kappa shape index (κ1) is 18.0. The summed E-state index contributed by atoms with van der Waals surface area (Å²) in [5.74, 6) is 0.630. The van der Waals surface area contributed by atoms with Crippen LogP contribution in [0.4, 0.5) is 5.69 Å². The zero-order valence-electron chi connectivity index (χ0n) is 14.2. The van der Waals surface area contributed by atoms with Gasteiger partial charge in [0.2, 0.25) is 11.8 Å². The van der Waals surface area contributed by atoms with Gasteiger partial charge in [-0.15, -0.1) is 10.2 Å². The highest BCUT2D eigenvalue weighted by molar-refractivity contribution is 7.99. The zero-order chi connectivity index (χ0) is 17.7. The Kier molecular flexibility index (Phi) is 5.97. The molecule has 2 amide bonds. The molecular formula is C16H21N5O2S. The van der Waals surface area contributed by atoms with E-state index in [9.17, 15) is 9.59 Å². The summed E-state index contributed by atoms with van der Waals surface area (Å²) in [6.45, 7) is 3.83. The molecule has 0 saturated carbocycles. The SMILES string of the molecule is Cc1ccc(NC(=O)CN(C)C(=O)CSc2nnc(C)n2C)cc1. The van der Waals surface area contributed by atoms with E-state index in [0.717, 1.165) is 17.1 Å². The highest BCUT2D eigenvalue weighted by atomic mass is 32.2. The van der Waals surface area contributed by atoms with Gasteiger partial charge in [0, 0.05) is 19.8 Å². The van der Waals surface area contributed by atoms with Crippen LogP contribution in [0.15, 0.2) is 29.4 Å². The molecule has 0 fully saturated rings. The molecule has 0 aliphatic heterocycles. The topological polar surface area (TPSA) is 80.1 Å². The number of likely N-dealkylation sites (N-methyl/N-ethyl adjacent to an activating group) is 1. The van der Waals surface area contributed by atoms with Gasteiger partial charge in [0.1, 0.15) is 5.82 Å². The van der Waals surface area contributed by atoms with Crippen LogP contribution in [0.5, 0.6) is 0 Å². The molecule has 1 heterocycles. The maximum atomic E-state index is 12.1. The Morgan fingerprint density at radius 2 is 1.88 bits per heavy atom. The van der Waals surface area contributed by atoms with Crippen LogP contribution < -0.4 is 5.32 Å². The molecule has 0 atom stereocenters. The van der Waals surface area contributed by atoms with Crippen molar-refractivity contribution in [2.45, 2.75) is 19.0 Å². The van der Waals surface area contributed by atoms with E-state index in [2.05, 4.69) is 15.5 Å². The van der Waals surface area contributed by atoms with Crippen molar-refractivity contribution in [3.8, 4) is 0 Å². The molecule has 0 aliphatic rings. The van der Waals surface area contributed by atoms with E-state index in [1.54, 1.807) is 7.05 Å². The summed E-state index contributed by atoms with van der Waals surface area (Å²) in [6.07, 6.45) is 0. The molecule has 0 saturated heterocycles. The number of hydrogen-bond acceptors (Lipinski definition) is 5. The number of benzene rings is 1. The number of aromatic nitrogens is 3. The molecule has 128 valence electrons. The second-order valence-electron chi connectivity index (χ2n) is 5.54. The number of anilines is 1. The molecule has 8 heteroatoms. The number of aryl methyl sites for hydroxylation is 2. The van der Waals surface area contributed by atoms with Crippen molar-refractivity contribution in [1.29, 1.82) is 0 Å². The minimum absolute atomic E-state index is 0.00507. The van der Waals surface area contributed by atoms with E-state index in [-0.39, 0.29) is 24.1 Å². The van der Waals surface area contributed by atoms with Crippen molar-refractivity contribution in [3.05, 3.63) is 35.7 Å². The highest BCUT2D eigenvalue weighted by Crippen LogP contribution is 2.15. The van der Waals surface area contributed by atoms with Gasteiger partial charge in [-0.25, -0.2) is 0 Å². The molecule has 1 aromatic heterocycles. The molecular weight excluding hydrogens is 326 g/mol. The smallest absolute Gasteiger partial charge is 0.243 e. The maximum Gasteiger partial charge on any atom is 0.243 e. The first-order chi connectivity index (χ1) is 11.4. The van der Waals surface area contributed by atoms with Gasteiger partial charge in [0.15, 0.2) is 5.16 Å². The van der Waals surface area contributed by atoms with Crippen molar-refractivity contribution in [2.75, 3.05) is 24.7 Å². The molecule has 0 spiro atoms. The van der Waals surface area contributed by atoms with E-state index in [0.29, 0.717) is 5.16 Å². The summed E-state index contributed by atoms with van der Waals surface area (Å²) in [5.41, 5.74) is 1.84. The van der Waals surface area contributed by atoms with Gasteiger partial charge < -0.3 is 14.8 Å². The summed E-state index contributed by atoms with van der Waals surface area (Å²) in [4.78, 5) is 25.5. The predicted octanol–water partition coefficient (Wildman–Crippen LogP) is 1.62. The number of carbonyl (C=O) groups excluding carboxylic acids is 2. The molecule has 24 heavy (non-hydrogen) atoms. The number of thioether (sulfide) groups is 1. The van der Waals surface area contributed by atoms with Gasteiger partial charge in [-0.05, 0) is 26.0 Å². The molecule has 0 radical (unpaired) electrons. The monoisotopic (exact) mass is 347 g/mol. The van der Waals surface area contributed by atoms with Crippen LogP contribution in [-0.4, -0.2) is 50.8 Å². The number of carbonyl (C=O) groups is 2. The summed E-state index contributed by atoms with van der Waals surface area (Å²) in [6, 6.07) is 7.51. The van der Waals surface area contributed by atoms with Crippen molar-refractivity contribution in [2.24, 2.45) is 7.05 Å². The van der Waals surface area contributed by atoms with Crippen LogP contribution in [0.2, 0.25) is 0 Å². The minimum Gasteiger partial charge on any atom is -0.336 e. The standard InChI is InChI=1S/C16H21N5O2S/c1-11-5-7-13(8-6-11)17-14(22)9-20(3)15(23)10-24-16-19-18-12(2)21(16)4/h5-8H,9-10H2,1-4H3,(H,17,22). The molecule has 7 nitrogen and oxygen atoms in total. The predicted molar refractivity (Wildman–Crippen MR) is 93.9 cm³/mol. The number of rotatable bonds is 6. The van der Waals surface area contributed by atoms with Gasteiger partial charge in [-0.2, -0.15) is 0 Å². The van der Waals surface area contributed by atoms with E-state index in [4.69, 9.17) is 0 Å². The highest BCUT2D eigenvalue weighted by Gasteiger charge is 2.15. The fraction of sp³-hybridized carbons (Fsp3) is 0.375. The van der Waals surface area contributed by atoms with Crippen LogP contribution in [0, 0.1) is 13.8 Å². The second-order valence-corrected chi connectivity index (χ2v) is 6.48. The third kappa shape index (κ3) is 4.82. The second kappa shape index (κ2) is 7.96. The van der Waals surface area contributed by atoms with Crippen LogP contribution in [0.3, 0.4) is 0 Å². The number of nitrogens with one attached hydrogen (secondary N) is 1. The lowest BCUT2D eigenvalue weighted by molar-refractivity contribution is -0.131. The molecule has 0 unspecified atom stereocenters. The Labute approximate surface area is 145 Å². The molecule has 1 aromatic carbocycles. The lowest BCUT2D eigenvalue weighted by Gasteiger charge is -2.16. The van der Waals surface area contributed by atoms with E-state index >= 15 is 0 Å². The number of nitrogens with zero attached hydrogens (tertiary/aromatic N) is 4. The molecule has 0 aliphatic carbocycles. The number of amides is 2. The summed E-state index contributed by atoms with van der Waals surface area (Å²) >= 11 is 1.30. The Morgan fingerprint density at radius 1 is 1.21 bits per heavy atom. The third-order valence-electron chi connectivity index (χ3n) is 3.52. The fourth-order valence-corrected chi connectivity index (χ4v) is 2.79. The summed E-state index contributed by atoms with van der Waals surface area (Å²) in [5, 5.41) is 11.4. The molecule has 2 rings (SSSR count). The van der Waals surface area contributed by atoms with Crippen LogP contribution in [-0.2, 0) is 16.6 Å².